The van der Waals surface area contributed by atoms with Gasteiger partial charge in [-0.15, -0.1) is 0 Å². The molecule has 0 aromatic rings. The average Bonchev–Trinajstić information content (AvgIpc) is 2.44. The highest BCUT2D eigenvalue weighted by molar-refractivity contribution is 7.87. The fraction of sp³-hybridized carbons (Fsp3) is 0.833. The van der Waals surface area contributed by atoms with Crippen LogP contribution in [0.3, 0.4) is 0 Å². The van der Waals surface area contributed by atoms with Crippen LogP contribution in [0.2, 0.25) is 0 Å². The van der Waals surface area contributed by atoms with Gasteiger partial charge in [-0.2, -0.15) is 12.7 Å². The Hall–Kier alpha value is -1.19. The van der Waals surface area contributed by atoms with Crippen molar-refractivity contribution in [2.75, 3.05) is 20.1 Å². The predicted octanol–water partition coefficient (Wildman–Crippen LogP) is -0.468. The number of carbonyl (C=O) groups excluding carboxylic acids is 1. The number of carbonyl (C=O) groups is 2. The van der Waals surface area contributed by atoms with Gasteiger partial charge < -0.3 is 10.4 Å². The van der Waals surface area contributed by atoms with Crippen LogP contribution in [0.1, 0.15) is 33.1 Å². The lowest BCUT2D eigenvalue weighted by atomic mass is 9.93. The van der Waals surface area contributed by atoms with Gasteiger partial charge in [0.2, 0.25) is 5.91 Å². The molecule has 9 heteroatoms. The zero-order chi connectivity index (χ0) is 16.3. The summed E-state index contributed by atoms with van der Waals surface area (Å²) >= 11 is 0. The van der Waals surface area contributed by atoms with Crippen molar-refractivity contribution in [2.45, 2.75) is 39.2 Å². The number of piperidine rings is 1. The summed E-state index contributed by atoms with van der Waals surface area (Å²) in [5.74, 6) is -1.44. The van der Waals surface area contributed by atoms with Crippen molar-refractivity contribution in [1.82, 2.24) is 14.3 Å². The Kier molecular flexibility index (Phi) is 5.71. The van der Waals surface area contributed by atoms with E-state index in [0.29, 0.717) is 19.3 Å². The molecule has 1 aliphatic heterocycles. The Labute approximate surface area is 125 Å². The Morgan fingerprint density at radius 1 is 1.33 bits per heavy atom. The molecule has 0 spiro atoms. The summed E-state index contributed by atoms with van der Waals surface area (Å²) in [5.41, 5.74) is -0.920. The van der Waals surface area contributed by atoms with Crippen LogP contribution in [0, 0.1) is 5.41 Å². The highest BCUT2D eigenvalue weighted by Gasteiger charge is 2.38. The van der Waals surface area contributed by atoms with Gasteiger partial charge >= 0.3 is 5.97 Å². The normalized spacial score (nSPS) is 21.0. The molecule has 0 aromatic heterocycles. The molecule has 122 valence electrons. The number of hydrogen-bond acceptors (Lipinski definition) is 4. The van der Waals surface area contributed by atoms with Crippen molar-refractivity contribution < 1.29 is 23.1 Å². The van der Waals surface area contributed by atoms with Crippen LogP contribution in [-0.4, -0.2) is 55.9 Å². The van der Waals surface area contributed by atoms with E-state index in [4.69, 9.17) is 5.11 Å². The summed E-state index contributed by atoms with van der Waals surface area (Å²) in [6, 6.07) is -1.04. The van der Waals surface area contributed by atoms with Crippen molar-refractivity contribution in [3.8, 4) is 0 Å². The minimum absolute atomic E-state index is 0.0994. The monoisotopic (exact) mass is 321 g/mol. The van der Waals surface area contributed by atoms with Crippen molar-refractivity contribution in [3.05, 3.63) is 0 Å². The average molecular weight is 321 g/mol. The van der Waals surface area contributed by atoms with Crippen LogP contribution in [-0.2, 0) is 19.8 Å². The van der Waals surface area contributed by atoms with E-state index < -0.39 is 27.6 Å². The van der Waals surface area contributed by atoms with Gasteiger partial charge in [0.25, 0.3) is 10.2 Å². The molecule has 0 radical (unpaired) electrons. The van der Waals surface area contributed by atoms with Crippen molar-refractivity contribution >= 4 is 22.1 Å². The lowest BCUT2D eigenvalue weighted by molar-refractivity contribution is -0.142. The zero-order valence-electron chi connectivity index (χ0n) is 12.5. The Morgan fingerprint density at radius 3 is 2.48 bits per heavy atom. The molecule has 0 bridgehead atoms. The molecule has 1 unspecified atom stereocenters. The van der Waals surface area contributed by atoms with Crippen LogP contribution in [0.15, 0.2) is 0 Å². The molecule has 3 N–H and O–H groups in total. The van der Waals surface area contributed by atoms with Crippen LogP contribution in [0.4, 0.5) is 0 Å². The third-order valence-electron chi connectivity index (χ3n) is 3.59. The summed E-state index contributed by atoms with van der Waals surface area (Å²) in [6.07, 6.45) is 1.62. The maximum Gasteiger partial charge on any atom is 0.322 e. The van der Waals surface area contributed by atoms with Crippen LogP contribution in [0.5, 0.6) is 0 Å². The largest absolute Gasteiger partial charge is 0.480 e. The standard InChI is InChI=1S/C12H23N3O5S/c1-12(2,11(18)13-3)8-14-21(19,20)15-7-5-4-6-9(15)10(16)17/h9,14H,4-8H2,1-3H3,(H,13,18)(H,16,17). The highest BCUT2D eigenvalue weighted by atomic mass is 32.2. The fourth-order valence-corrected chi connectivity index (χ4v) is 3.82. The summed E-state index contributed by atoms with van der Waals surface area (Å²) in [5, 5.41) is 11.6. The van der Waals surface area contributed by atoms with Gasteiger partial charge in [-0.3, -0.25) is 9.59 Å². The van der Waals surface area contributed by atoms with E-state index in [1.54, 1.807) is 13.8 Å². The smallest absolute Gasteiger partial charge is 0.322 e. The number of nitrogens with zero attached hydrogens (tertiary/aromatic N) is 1. The number of nitrogens with one attached hydrogen (secondary N) is 2. The fourth-order valence-electron chi connectivity index (χ4n) is 2.21. The van der Waals surface area contributed by atoms with Crippen LogP contribution in [0.25, 0.3) is 0 Å². The lowest BCUT2D eigenvalue weighted by Crippen LogP contribution is -2.54. The second-order valence-corrected chi connectivity index (χ2v) is 7.46. The van der Waals surface area contributed by atoms with Gasteiger partial charge in [0.05, 0.1) is 5.41 Å². The molecule has 21 heavy (non-hydrogen) atoms. The number of carboxylic acids is 1. The zero-order valence-corrected chi connectivity index (χ0v) is 13.4. The van der Waals surface area contributed by atoms with E-state index in [0.717, 1.165) is 4.31 Å². The molecular weight excluding hydrogens is 298 g/mol. The molecule has 0 saturated carbocycles. The van der Waals surface area contributed by atoms with Gasteiger partial charge in [0, 0.05) is 20.1 Å². The molecule has 0 aliphatic carbocycles. The van der Waals surface area contributed by atoms with E-state index in [9.17, 15) is 18.0 Å². The van der Waals surface area contributed by atoms with E-state index >= 15 is 0 Å². The molecule has 1 aliphatic rings. The first kappa shape index (κ1) is 17.9. The number of amides is 1. The Balaban J connectivity index is 2.81. The van der Waals surface area contributed by atoms with Gasteiger partial charge in [-0.1, -0.05) is 0 Å². The van der Waals surface area contributed by atoms with Crippen molar-refractivity contribution in [2.24, 2.45) is 5.41 Å². The molecule has 1 rings (SSSR count). The summed E-state index contributed by atoms with van der Waals surface area (Å²) in [7, 11) is -2.45. The molecule has 1 fully saturated rings. The third-order valence-corrected chi connectivity index (χ3v) is 5.15. The lowest BCUT2D eigenvalue weighted by Gasteiger charge is -2.33. The first-order valence-corrected chi connectivity index (χ1v) is 8.27. The molecule has 1 amide bonds. The molecule has 0 aromatic carbocycles. The van der Waals surface area contributed by atoms with E-state index in [-0.39, 0.29) is 19.0 Å². The SMILES string of the molecule is CNC(=O)C(C)(C)CNS(=O)(=O)N1CCCCC1C(=O)O. The van der Waals surface area contributed by atoms with E-state index in [1.165, 1.54) is 7.05 Å². The van der Waals surface area contributed by atoms with Crippen molar-refractivity contribution in [1.29, 1.82) is 0 Å². The summed E-state index contributed by atoms with van der Waals surface area (Å²) in [6.45, 7) is 3.29. The number of aliphatic carboxylic acids is 1. The Bertz CT molecular complexity index is 503. The second kappa shape index (κ2) is 6.71. The maximum absolute atomic E-state index is 12.3. The Morgan fingerprint density at radius 2 is 1.95 bits per heavy atom. The van der Waals surface area contributed by atoms with Gasteiger partial charge in [0.1, 0.15) is 6.04 Å². The highest BCUT2D eigenvalue weighted by Crippen LogP contribution is 2.21. The predicted molar refractivity (Wildman–Crippen MR) is 76.8 cm³/mol. The molecular formula is C12H23N3O5S. The minimum atomic E-state index is -3.93. The van der Waals surface area contributed by atoms with Gasteiger partial charge in [-0.05, 0) is 33.1 Å². The molecule has 1 atom stereocenters. The quantitative estimate of drug-likeness (QED) is 0.612. The summed E-state index contributed by atoms with van der Waals surface area (Å²) in [4.78, 5) is 22.8. The number of rotatable bonds is 6. The minimum Gasteiger partial charge on any atom is -0.480 e. The number of carboxylic acid groups (broad SMARTS) is 1. The number of hydrogen-bond donors (Lipinski definition) is 3. The van der Waals surface area contributed by atoms with Crippen LogP contribution >= 0.6 is 0 Å². The van der Waals surface area contributed by atoms with Gasteiger partial charge in [-0.25, -0.2) is 4.72 Å². The van der Waals surface area contributed by atoms with Gasteiger partial charge in [0.15, 0.2) is 0 Å². The third kappa shape index (κ3) is 4.39. The summed E-state index contributed by atoms with van der Waals surface area (Å²) < 4.78 is 27.9. The first-order valence-electron chi connectivity index (χ1n) is 6.83. The van der Waals surface area contributed by atoms with Crippen LogP contribution < -0.4 is 10.0 Å². The molecule has 1 heterocycles. The topological polar surface area (TPSA) is 116 Å². The first-order chi connectivity index (χ1) is 9.62. The second-order valence-electron chi connectivity index (χ2n) is 5.75. The molecule has 1 saturated heterocycles. The van der Waals surface area contributed by atoms with Crippen molar-refractivity contribution in [3.63, 3.8) is 0 Å². The maximum atomic E-state index is 12.3. The van der Waals surface area contributed by atoms with E-state index in [1.807, 2.05) is 0 Å². The van der Waals surface area contributed by atoms with E-state index in [2.05, 4.69) is 10.0 Å². The molecule has 8 nitrogen and oxygen atoms in total.